The van der Waals surface area contributed by atoms with Gasteiger partial charge in [-0.15, -0.1) is 0 Å². The lowest BCUT2D eigenvalue weighted by Crippen LogP contribution is -2.32. The molecule has 0 unspecified atom stereocenters. The van der Waals surface area contributed by atoms with E-state index in [2.05, 4.69) is 24.4 Å². The summed E-state index contributed by atoms with van der Waals surface area (Å²) in [5.41, 5.74) is 0. The highest BCUT2D eigenvalue weighted by Gasteiger charge is 2.06. The topological polar surface area (TPSA) is 41.5 Å². The van der Waals surface area contributed by atoms with Crippen molar-refractivity contribution >= 4 is 10.8 Å². The van der Waals surface area contributed by atoms with E-state index in [1.54, 1.807) is 0 Å². The number of rotatable bonds is 9. The minimum atomic E-state index is -0.481. The summed E-state index contributed by atoms with van der Waals surface area (Å²) in [5, 5.41) is 15.5. The highest BCUT2D eigenvalue weighted by Crippen LogP contribution is 2.25. The molecule has 0 fully saturated rings. The Morgan fingerprint density at radius 2 is 1.90 bits per heavy atom. The summed E-state index contributed by atoms with van der Waals surface area (Å²) in [6.07, 6.45) is 3.13. The van der Waals surface area contributed by atoms with Gasteiger partial charge in [0, 0.05) is 11.9 Å². The minimum absolute atomic E-state index is 0.314. The van der Waals surface area contributed by atoms with Crippen LogP contribution in [-0.4, -0.2) is 30.9 Å². The van der Waals surface area contributed by atoms with Gasteiger partial charge in [-0.2, -0.15) is 0 Å². The molecule has 114 valence electrons. The molecule has 0 heterocycles. The molecule has 2 aromatic carbocycles. The van der Waals surface area contributed by atoms with Crippen LogP contribution >= 0.6 is 0 Å². The fourth-order valence-corrected chi connectivity index (χ4v) is 2.34. The molecule has 0 saturated heterocycles. The highest BCUT2D eigenvalue weighted by atomic mass is 16.5. The first kappa shape index (κ1) is 15.8. The van der Waals surface area contributed by atoms with Crippen molar-refractivity contribution in [2.45, 2.75) is 32.3 Å². The first-order chi connectivity index (χ1) is 10.3. The summed E-state index contributed by atoms with van der Waals surface area (Å²) in [5.74, 6) is 0.832. The van der Waals surface area contributed by atoms with Crippen molar-refractivity contribution in [3.05, 3.63) is 42.5 Å². The Morgan fingerprint density at radius 1 is 1.10 bits per heavy atom. The molecule has 0 radical (unpaired) electrons. The molecule has 2 N–H and O–H groups in total. The molecular weight excluding hydrogens is 262 g/mol. The number of hydrogen-bond donors (Lipinski definition) is 2. The average molecular weight is 287 g/mol. The van der Waals surface area contributed by atoms with Gasteiger partial charge in [0.25, 0.3) is 0 Å². The molecule has 0 bridgehead atoms. The Morgan fingerprint density at radius 3 is 2.76 bits per heavy atom. The number of benzene rings is 2. The summed E-state index contributed by atoms with van der Waals surface area (Å²) in [7, 11) is 0. The zero-order valence-corrected chi connectivity index (χ0v) is 12.7. The zero-order chi connectivity index (χ0) is 14.9. The lowest BCUT2D eigenvalue weighted by atomic mass is 10.1. The van der Waals surface area contributed by atoms with Gasteiger partial charge in [-0.3, -0.25) is 0 Å². The van der Waals surface area contributed by atoms with Gasteiger partial charge < -0.3 is 15.2 Å². The van der Waals surface area contributed by atoms with E-state index in [0.29, 0.717) is 13.2 Å². The van der Waals surface area contributed by atoms with Crippen LogP contribution < -0.4 is 10.1 Å². The van der Waals surface area contributed by atoms with E-state index in [1.165, 1.54) is 12.8 Å². The third-order valence-electron chi connectivity index (χ3n) is 3.52. The number of hydrogen-bond acceptors (Lipinski definition) is 3. The molecule has 0 saturated carbocycles. The number of unbranched alkanes of at least 4 members (excludes halogenated alkanes) is 2. The fourth-order valence-electron chi connectivity index (χ4n) is 2.34. The molecule has 3 nitrogen and oxygen atoms in total. The van der Waals surface area contributed by atoms with Crippen LogP contribution in [0.3, 0.4) is 0 Å². The first-order valence-corrected chi connectivity index (χ1v) is 7.80. The highest BCUT2D eigenvalue weighted by molar-refractivity contribution is 5.88. The van der Waals surface area contributed by atoms with Crippen LogP contribution in [0.4, 0.5) is 0 Å². The maximum Gasteiger partial charge on any atom is 0.127 e. The van der Waals surface area contributed by atoms with Crippen LogP contribution in [0.25, 0.3) is 10.8 Å². The molecule has 21 heavy (non-hydrogen) atoms. The number of aliphatic hydroxyl groups excluding tert-OH is 1. The van der Waals surface area contributed by atoms with E-state index in [-0.39, 0.29) is 0 Å². The van der Waals surface area contributed by atoms with Crippen molar-refractivity contribution in [3.8, 4) is 5.75 Å². The van der Waals surface area contributed by atoms with E-state index in [0.717, 1.165) is 29.5 Å². The van der Waals surface area contributed by atoms with Gasteiger partial charge >= 0.3 is 0 Å². The number of aliphatic hydroxyl groups is 1. The molecule has 0 aliphatic carbocycles. The van der Waals surface area contributed by atoms with E-state index in [9.17, 15) is 5.11 Å². The van der Waals surface area contributed by atoms with E-state index in [1.807, 2.05) is 30.3 Å². The Labute approximate surface area is 126 Å². The predicted molar refractivity (Wildman–Crippen MR) is 87.8 cm³/mol. The van der Waals surface area contributed by atoms with Gasteiger partial charge in [0.2, 0.25) is 0 Å². The van der Waals surface area contributed by atoms with Gasteiger partial charge in [0.1, 0.15) is 18.5 Å². The largest absolute Gasteiger partial charge is 0.490 e. The lowest BCUT2D eigenvalue weighted by Gasteiger charge is -2.14. The quantitative estimate of drug-likeness (QED) is 0.695. The van der Waals surface area contributed by atoms with Crippen LogP contribution in [0.5, 0.6) is 5.75 Å². The Balaban J connectivity index is 1.79. The van der Waals surface area contributed by atoms with E-state index in [4.69, 9.17) is 4.74 Å². The normalized spacial score (nSPS) is 12.5. The van der Waals surface area contributed by atoms with Crippen molar-refractivity contribution in [2.75, 3.05) is 19.7 Å². The van der Waals surface area contributed by atoms with Crippen molar-refractivity contribution in [1.29, 1.82) is 0 Å². The first-order valence-electron chi connectivity index (χ1n) is 7.80. The van der Waals surface area contributed by atoms with E-state index < -0.39 is 6.10 Å². The van der Waals surface area contributed by atoms with Crippen molar-refractivity contribution in [2.24, 2.45) is 0 Å². The third kappa shape index (κ3) is 5.03. The Bertz CT molecular complexity index is 536. The second kappa shape index (κ2) is 8.65. The maximum atomic E-state index is 9.95. The number of fused-ring (bicyclic) bond motifs is 1. The lowest BCUT2D eigenvalue weighted by molar-refractivity contribution is 0.107. The number of nitrogens with one attached hydrogen (secondary N) is 1. The molecule has 0 spiro atoms. The van der Waals surface area contributed by atoms with Crippen molar-refractivity contribution in [1.82, 2.24) is 5.32 Å². The maximum absolute atomic E-state index is 9.95. The summed E-state index contributed by atoms with van der Waals surface area (Å²) < 4.78 is 5.77. The molecule has 0 amide bonds. The monoisotopic (exact) mass is 287 g/mol. The van der Waals surface area contributed by atoms with Crippen molar-refractivity contribution < 1.29 is 9.84 Å². The fraction of sp³-hybridized carbons (Fsp3) is 0.444. The van der Waals surface area contributed by atoms with Gasteiger partial charge in [-0.05, 0) is 24.4 Å². The van der Waals surface area contributed by atoms with Crippen molar-refractivity contribution in [3.63, 3.8) is 0 Å². The summed E-state index contributed by atoms with van der Waals surface area (Å²) in [6, 6.07) is 14.1. The van der Waals surface area contributed by atoms with Gasteiger partial charge in [0.15, 0.2) is 0 Å². The van der Waals surface area contributed by atoms with Crippen LogP contribution in [0, 0.1) is 0 Å². The second-order valence-corrected chi connectivity index (χ2v) is 5.35. The Kier molecular flexibility index (Phi) is 6.51. The van der Waals surface area contributed by atoms with Gasteiger partial charge in [0.05, 0.1) is 0 Å². The molecule has 1 atom stereocenters. The molecule has 0 aliphatic rings. The van der Waals surface area contributed by atoms with Gasteiger partial charge in [-0.1, -0.05) is 56.2 Å². The molecule has 0 aromatic heterocycles. The molecule has 2 aromatic rings. The molecule has 3 heteroatoms. The Hall–Kier alpha value is -1.58. The van der Waals surface area contributed by atoms with E-state index >= 15 is 0 Å². The summed E-state index contributed by atoms with van der Waals surface area (Å²) >= 11 is 0. The average Bonchev–Trinajstić information content (AvgIpc) is 2.52. The molecular formula is C18H25NO2. The number of ether oxygens (including phenoxy) is 1. The van der Waals surface area contributed by atoms with Gasteiger partial charge in [-0.25, -0.2) is 0 Å². The zero-order valence-electron chi connectivity index (χ0n) is 12.7. The van der Waals surface area contributed by atoms with Crippen LogP contribution in [-0.2, 0) is 0 Å². The molecule has 0 aliphatic heterocycles. The van der Waals surface area contributed by atoms with Crippen LogP contribution in [0.1, 0.15) is 26.2 Å². The predicted octanol–water partition coefficient (Wildman–Crippen LogP) is 3.36. The smallest absolute Gasteiger partial charge is 0.127 e. The van der Waals surface area contributed by atoms with Crippen LogP contribution in [0.2, 0.25) is 0 Å². The van der Waals surface area contributed by atoms with Crippen LogP contribution in [0.15, 0.2) is 42.5 Å². The summed E-state index contributed by atoms with van der Waals surface area (Å²) in [4.78, 5) is 0. The second-order valence-electron chi connectivity index (χ2n) is 5.35. The minimum Gasteiger partial charge on any atom is -0.490 e. The standard InChI is InChI=1S/C18H25NO2/c1-2-3-6-12-19-13-16(20)14-21-18-11-7-9-15-8-4-5-10-17(15)18/h4-5,7-11,16,19-20H,2-3,6,12-14H2,1H3/t16-/m0/s1. The third-order valence-corrected chi connectivity index (χ3v) is 3.52. The summed E-state index contributed by atoms with van der Waals surface area (Å²) in [6.45, 7) is 4.04. The SMILES string of the molecule is CCCCCNC[C@H](O)COc1cccc2ccccc12. The molecule has 2 rings (SSSR count).